The van der Waals surface area contributed by atoms with Crippen molar-refractivity contribution in [3.8, 4) is 11.8 Å². The molecule has 162 valence electrons. The second kappa shape index (κ2) is 9.85. The number of aryl methyl sites for hydroxylation is 1. The topological polar surface area (TPSA) is 95.3 Å². The number of hydrogen-bond acceptors (Lipinski definition) is 7. The second-order valence-electron chi connectivity index (χ2n) is 7.14. The van der Waals surface area contributed by atoms with Crippen LogP contribution in [0.1, 0.15) is 26.6 Å². The van der Waals surface area contributed by atoms with Crippen LogP contribution in [-0.4, -0.2) is 39.4 Å². The molecule has 9 heteroatoms. The van der Waals surface area contributed by atoms with Gasteiger partial charge in [-0.15, -0.1) is 23.1 Å². The molecule has 1 N–H and O–H groups in total. The summed E-state index contributed by atoms with van der Waals surface area (Å²) in [6.07, 6.45) is 0. The third-order valence-corrected chi connectivity index (χ3v) is 6.70. The number of nitriles is 1. The Hall–Kier alpha value is -3.35. The monoisotopic (exact) mass is 464 g/mol. The maximum atomic E-state index is 13.2. The number of amides is 2. The zero-order chi connectivity index (χ0) is 22.5. The van der Waals surface area contributed by atoms with Crippen LogP contribution in [0.15, 0.2) is 53.9 Å². The van der Waals surface area contributed by atoms with Crippen LogP contribution in [0.3, 0.4) is 0 Å². The molecule has 0 aliphatic carbocycles. The van der Waals surface area contributed by atoms with Gasteiger partial charge in [-0.2, -0.15) is 5.26 Å². The van der Waals surface area contributed by atoms with Crippen molar-refractivity contribution in [2.75, 3.05) is 16.9 Å². The zero-order valence-electron chi connectivity index (χ0n) is 17.3. The van der Waals surface area contributed by atoms with Crippen LogP contribution in [-0.2, 0) is 11.4 Å². The second-order valence-corrected chi connectivity index (χ2v) is 9.21. The molecule has 1 atom stereocenters. The van der Waals surface area contributed by atoms with E-state index in [0.717, 1.165) is 10.7 Å². The highest BCUT2D eigenvalue weighted by molar-refractivity contribution is 7.99. The minimum absolute atomic E-state index is 0.218. The molecular formula is C23H20N4O3S2. The van der Waals surface area contributed by atoms with Crippen molar-refractivity contribution in [1.82, 2.24) is 9.88 Å². The standard InChI is InChI=1S/C23H20N4O3S2/c1-15-25-19(12-32-15)11-30-20-4-2-3-17(9-20)23(29)27-14-31-13-21(27)22(28)26-18-7-5-16(10-24)6-8-18/h2-9,12,21H,11,13-14H2,1H3,(H,26,28). The highest BCUT2D eigenvalue weighted by atomic mass is 32.2. The van der Waals surface area contributed by atoms with Gasteiger partial charge in [0.25, 0.3) is 5.91 Å². The number of benzene rings is 2. The molecular weight excluding hydrogens is 444 g/mol. The fraction of sp³-hybridized carbons (Fsp3) is 0.217. The Morgan fingerprint density at radius 1 is 1.28 bits per heavy atom. The zero-order valence-corrected chi connectivity index (χ0v) is 18.9. The van der Waals surface area contributed by atoms with Crippen molar-refractivity contribution >= 4 is 40.6 Å². The number of rotatable bonds is 6. The first-order chi connectivity index (χ1) is 15.5. The quantitative estimate of drug-likeness (QED) is 0.591. The molecule has 2 heterocycles. The van der Waals surface area contributed by atoms with Crippen LogP contribution in [0.4, 0.5) is 5.69 Å². The summed E-state index contributed by atoms with van der Waals surface area (Å²) < 4.78 is 5.80. The number of ether oxygens (including phenoxy) is 1. The molecule has 2 aromatic carbocycles. The third-order valence-electron chi connectivity index (χ3n) is 4.86. The summed E-state index contributed by atoms with van der Waals surface area (Å²) in [6.45, 7) is 2.27. The number of hydrogen-bond donors (Lipinski definition) is 1. The average Bonchev–Trinajstić information content (AvgIpc) is 3.47. The Balaban J connectivity index is 1.42. The molecule has 0 bridgehead atoms. The number of nitrogens with zero attached hydrogens (tertiary/aromatic N) is 3. The fourth-order valence-electron chi connectivity index (χ4n) is 3.23. The molecule has 32 heavy (non-hydrogen) atoms. The lowest BCUT2D eigenvalue weighted by Gasteiger charge is -2.23. The van der Waals surface area contributed by atoms with E-state index >= 15 is 0 Å². The van der Waals surface area contributed by atoms with E-state index < -0.39 is 6.04 Å². The van der Waals surface area contributed by atoms with E-state index in [2.05, 4.69) is 10.3 Å². The summed E-state index contributed by atoms with van der Waals surface area (Å²) in [5.74, 6) is 1.07. The number of carbonyl (C=O) groups is 2. The first-order valence-corrected chi connectivity index (χ1v) is 11.9. The van der Waals surface area contributed by atoms with Gasteiger partial charge in [0.15, 0.2) is 0 Å². The minimum atomic E-state index is -0.578. The average molecular weight is 465 g/mol. The van der Waals surface area contributed by atoms with E-state index in [1.807, 2.05) is 18.4 Å². The summed E-state index contributed by atoms with van der Waals surface area (Å²) in [4.78, 5) is 31.9. The Morgan fingerprint density at radius 2 is 2.09 bits per heavy atom. The number of anilines is 1. The van der Waals surface area contributed by atoms with E-state index in [4.69, 9.17) is 10.00 Å². The van der Waals surface area contributed by atoms with Crippen molar-refractivity contribution in [3.05, 3.63) is 75.7 Å². The van der Waals surface area contributed by atoms with E-state index in [0.29, 0.717) is 40.8 Å². The number of thiazole rings is 1. The van der Waals surface area contributed by atoms with Gasteiger partial charge in [-0.1, -0.05) is 6.07 Å². The third kappa shape index (κ3) is 5.10. The number of carbonyl (C=O) groups excluding carboxylic acids is 2. The van der Waals surface area contributed by atoms with Crippen LogP contribution < -0.4 is 10.1 Å². The number of thioether (sulfide) groups is 1. The largest absolute Gasteiger partial charge is 0.487 e. The van der Waals surface area contributed by atoms with Gasteiger partial charge in [0.05, 0.1) is 28.2 Å². The maximum Gasteiger partial charge on any atom is 0.255 e. The molecule has 1 aromatic heterocycles. The number of nitrogens with one attached hydrogen (secondary N) is 1. The van der Waals surface area contributed by atoms with E-state index in [1.165, 1.54) is 11.8 Å². The van der Waals surface area contributed by atoms with Crippen molar-refractivity contribution in [1.29, 1.82) is 5.26 Å². The Kier molecular flexibility index (Phi) is 6.73. The summed E-state index contributed by atoms with van der Waals surface area (Å²) in [6, 6.07) is 15.1. The minimum Gasteiger partial charge on any atom is -0.487 e. The van der Waals surface area contributed by atoms with Crippen LogP contribution in [0.25, 0.3) is 0 Å². The molecule has 0 radical (unpaired) electrons. The van der Waals surface area contributed by atoms with Gasteiger partial charge in [0, 0.05) is 22.4 Å². The molecule has 1 saturated heterocycles. The lowest BCUT2D eigenvalue weighted by molar-refractivity contribution is -0.119. The Morgan fingerprint density at radius 3 is 2.81 bits per heavy atom. The first-order valence-electron chi connectivity index (χ1n) is 9.87. The van der Waals surface area contributed by atoms with Gasteiger partial charge in [-0.05, 0) is 49.4 Å². The summed E-state index contributed by atoms with van der Waals surface area (Å²) >= 11 is 3.10. The molecule has 1 fully saturated rings. The van der Waals surface area contributed by atoms with Crippen LogP contribution in [0.2, 0.25) is 0 Å². The van der Waals surface area contributed by atoms with Crippen molar-refractivity contribution in [2.45, 2.75) is 19.6 Å². The van der Waals surface area contributed by atoms with Crippen LogP contribution in [0, 0.1) is 18.3 Å². The molecule has 1 unspecified atom stereocenters. The summed E-state index contributed by atoms with van der Waals surface area (Å²) in [5.41, 5.74) is 2.42. The van der Waals surface area contributed by atoms with Crippen molar-refractivity contribution < 1.29 is 14.3 Å². The Labute approximate surface area is 194 Å². The predicted octanol–water partition coefficient (Wildman–Crippen LogP) is 4.06. The lowest BCUT2D eigenvalue weighted by Crippen LogP contribution is -2.44. The summed E-state index contributed by atoms with van der Waals surface area (Å²) in [5, 5.41) is 14.7. The van der Waals surface area contributed by atoms with Crippen LogP contribution in [0.5, 0.6) is 5.75 Å². The fourth-order valence-corrected chi connectivity index (χ4v) is 4.98. The maximum absolute atomic E-state index is 13.2. The van der Waals surface area contributed by atoms with Gasteiger partial charge >= 0.3 is 0 Å². The molecule has 1 aliphatic rings. The molecule has 1 aliphatic heterocycles. The van der Waals surface area contributed by atoms with E-state index in [9.17, 15) is 9.59 Å². The molecule has 3 aromatic rings. The molecule has 2 amide bonds. The van der Waals surface area contributed by atoms with E-state index in [-0.39, 0.29) is 11.8 Å². The normalized spacial score (nSPS) is 15.2. The van der Waals surface area contributed by atoms with Crippen molar-refractivity contribution in [2.24, 2.45) is 0 Å². The smallest absolute Gasteiger partial charge is 0.255 e. The molecule has 4 rings (SSSR count). The SMILES string of the molecule is Cc1nc(COc2cccc(C(=O)N3CSCC3C(=O)Nc3ccc(C#N)cc3)c2)cs1. The van der Waals surface area contributed by atoms with Crippen molar-refractivity contribution in [3.63, 3.8) is 0 Å². The predicted molar refractivity (Wildman–Crippen MR) is 125 cm³/mol. The molecule has 7 nitrogen and oxygen atoms in total. The Bertz CT molecular complexity index is 1170. The van der Waals surface area contributed by atoms with E-state index in [1.54, 1.807) is 64.8 Å². The van der Waals surface area contributed by atoms with Gasteiger partial charge in [-0.3, -0.25) is 9.59 Å². The molecule has 0 saturated carbocycles. The molecule has 0 spiro atoms. The van der Waals surface area contributed by atoms with Crippen LogP contribution >= 0.6 is 23.1 Å². The summed E-state index contributed by atoms with van der Waals surface area (Å²) in [7, 11) is 0. The number of aromatic nitrogens is 1. The van der Waals surface area contributed by atoms with Gasteiger partial charge < -0.3 is 15.0 Å². The van der Waals surface area contributed by atoms with Gasteiger partial charge in [0.1, 0.15) is 18.4 Å². The highest BCUT2D eigenvalue weighted by Crippen LogP contribution is 2.26. The first kappa shape index (κ1) is 21.9. The lowest BCUT2D eigenvalue weighted by atomic mass is 10.1. The van der Waals surface area contributed by atoms with Gasteiger partial charge in [-0.25, -0.2) is 4.98 Å². The highest BCUT2D eigenvalue weighted by Gasteiger charge is 2.35. The van der Waals surface area contributed by atoms with Gasteiger partial charge in [0.2, 0.25) is 5.91 Å².